The van der Waals surface area contributed by atoms with Crippen LogP contribution >= 0.6 is 0 Å². The summed E-state index contributed by atoms with van der Waals surface area (Å²) >= 11 is 0. The monoisotopic (exact) mass is 401 g/mol. The van der Waals surface area contributed by atoms with Gasteiger partial charge in [0.1, 0.15) is 6.04 Å². The molecular formula is C21H27N3O3S. The van der Waals surface area contributed by atoms with Crippen LogP contribution in [-0.2, 0) is 14.8 Å². The van der Waals surface area contributed by atoms with Crippen LogP contribution in [0.5, 0.6) is 0 Å². The maximum Gasteiger partial charge on any atom is 0.243 e. The van der Waals surface area contributed by atoms with Gasteiger partial charge in [-0.05, 0) is 56.2 Å². The van der Waals surface area contributed by atoms with E-state index in [0.29, 0.717) is 18.7 Å². The summed E-state index contributed by atoms with van der Waals surface area (Å²) in [5.41, 5.74) is 2.68. The maximum absolute atomic E-state index is 13.1. The number of piperidine rings is 1. The van der Waals surface area contributed by atoms with Gasteiger partial charge >= 0.3 is 0 Å². The minimum absolute atomic E-state index is 0.230. The van der Waals surface area contributed by atoms with E-state index in [4.69, 9.17) is 0 Å². The number of nitrogens with zero attached hydrogens (tertiary/aromatic N) is 2. The van der Waals surface area contributed by atoms with Crippen molar-refractivity contribution in [1.29, 1.82) is 0 Å². The predicted molar refractivity (Wildman–Crippen MR) is 112 cm³/mol. The fourth-order valence-electron chi connectivity index (χ4n) is 3.37. The molecular weight excluding hydrogens is 374 g/mol. The van der Waals surface area contributed by atoms with Crippen molar-refractivity contribution in [3.8, 4) is 0 Å². The summed E-state index contributed by atoms with van der Waals surface area (Å²) in [6.07, 6.45) is 2.11. The van der Waals surface area contributed by atoms with Crippen LogP contribution < -0.4 is 10.2 Å². The molecule has 6 nitrogen and oxygen atoms in total. The maximum atomic E-state index is 13.1. The van der Waals surface area contributed by atoms with Crippen molar-refractivity contribution >= 4 is 27.3 Å². The van der Waals surface area contributed by atoms with Crippen LogP contribution in [0.3, 0.4) is 0 Å². The molecule has 28 heavy (non-hydrogen) atoms. The lowest BCUT2D eigenvalue weighted by Crippen LogP contribution is -2.49. The van der Waals surface area contributed by atoms with E-state index < -0.39 is 16.1 Å². The average Bonchev–Trinajstić information content (AvgIpc) is 2.68. The average molecular weight is 402 g/mol. The molecule has 150 valence electrons. The fourth-order valence-corrected chi connectivity index (χ4v) is 5.03. The van der Waals surface area contributed by atoms with Gasteiger partial charge < -0.3 is 10.2 Å². The molecule has 1 atom stereocenters. The molecule has 1 aliphatic heterocycles. The highest BCUT2D eigenvalue weighted by atomic mass is 32.2. The highest BCUT2D eigenvalue weighted by Gasteiger charge is 2.37. The number of carbonyl (C=O) groups is 1. The number of hydrogen-bond acceptors (Lipinski definition) is 4. The third kappa shape index (κ3) is 4.36. The predicted octanol–water partition coefficient (Wildman–Crippen LogP) is 3.24. The Bertz CT molecular complexity index is 922. The fraction of sp³-hybridized carbons (Fsp3) is 0.381. The lowest BCUT2D eigenvalue weighted by Gasteiger charge is -2.33. The number of hydrogen-bond donors (Lipinski definition) is 1. The van der Waals surface area contributed by atoms with Crippen molar-refractivity contribution < 1.29 is 13.2 Å². The molecule has 0 saturated carbocycles. The number of benzene rings is 2. The molecule has 7 heteroatoms. The molecule has 1 heterocycles. The van der Waals surface area contributed by atoms with Crippen molar-refractivity contribution in [3.05, 3.63) is 54.1 Å². The van der Waals surface area contributed by atoms with Crippen LogP contribution in [-0.4, -0.2) is 45.3 Å². The first-order chi connectivity index (χ1) is 13.3. The Morgan fingerprint density at radius 2 is 1.68 bits per heavy atom. The molecule has 0 radical (unpaired) electrons. The van der Waals surface area contributed by atoms with Crippen molar-refractivity contribution in [2.45, 2.75) is 37.1 Å². The van der Waals surface area contributed by atoms with E-state index >= 15 is 0 Å². The molecule has 2 aromatic carbocycles. The molecule has 1 saturated heterocycles. The Morgan fingerprint density at radius 3 is 2.29 bits per heavy atom. The van der Waals surface area contributed by atoms with Crippen molar-refractivity contribution in [1.82, 2.24) is 4.31 Å². The molecule has 3 rings (SSSR count). The SMILES string of the molecule is Cc1ccc(S(=O)(=O)N2CCCC[C@H]2C(=O)Nc2ccc(N(C)C)cc2)cc1. The molecule has 0 aliphatic carbocycles. The van der Waals surface area contributed by atoms with E-state index in [-0.39, 0.29) is 10.8 Å². The molecule has 0 spiro atoms. The van der Waals surface area contributed by atoms with Crippen molar-refractivity contribution in [3.63, 3.8) is 0 Å². The molecule has 0 bridgehead atoms. The van der Waals surface area contributed by atoms with E-state index in [1.165, 1.54) is 4.31 Å². The third-order valence-electron chi connectivity index (χ3n) is 5.04. The quantitative estimate of drug-likeness (QED) is 0.835. The number of rotatable bonds is 5. The second-order valence-electron chi connectivity index (χ2n) is 7.37. The van der Waals surface area contributed by atoms with E-state index in [0.717, 1.165) is 24.1 Å². The second-order valence-corrected chi connectivity index (χ2v) is 9.26. The summed E-state index contributed by atoms with van der Waals surface area (Å²) in [5.74, 6) is -0.284. The van der Waals surface area contributed by atoms with Crippen molar-refractivity contribution in [2.75, 3.05) is 30.9 Å². The Morgan fingerprint density at radius 1 is 1.04 bits per heavy atom. The van der Waals surface area contributed by atoms with E-state index in [2.05, 4.69) is 5.32 Å². The molecule has 0 aromatic heterocycles. The first kappa shape index (κ1) is 20.4. The molecule has 1 N–H and O–H groups in total. The summed E-state index contributed by atoms with van der Waals surface area (Å²) in [6.45, 7) is 2.27. The summed E-state index contributed by atoms with van der Waals surface area (Å²) in [7, 11) is 0.178. The van der Waals surface area contributed by atoms with Gasteiger partial charge in [0.2, 0.25) is 15.9 Å². The summed E-state index contributed by atoms with van der Waals surface area (Å²) in [5, 5.41) is 2.88. The van der Waals surface area contributed by atoms with Gasteiger partial charge in [0.05, 0.1) is 4.90 Å². The van der Waals surface area contributed by atoms with Crippen molar-refractivity contribution in [2.24, 2.45) is 0 Å². The minimum Gasteiger partial charge on any atom is -0.378 e. The number of amides is 1. The van der Waals surface area contributed by atoms with E-state index in [1.54, 1.807) is 24.3 Å². The van der Waals surface area contributed by atoms with Gasteiger partial charge in [-0.25, -0.2) is 8.42 Å². The summed E-state index contributed by atoms with van der Waals surface area (Å²) in [6, 6.07) is 13.5. The van der Waals surface area contributed by atoms with Crippen LogP contribution in [0.1, 0.15) is 24.8 Å². The Kier molecular flexibility index (Phi) is 6.05. The van der Waals surface area contributed by atoms with Crippen LogP contribution in [0, 0.1) is 6.92 Å². The lowest BCUT2D eigenvalue weighted by molar-refractivity contribution is -0.120. The zero-order valence-corrected chi connectivity index (χ0v) is 17.4. The number of sulfonamides is 1. The highest BCUT2D eigenvalue weighted by Crippen LogP contribution is 2.27. The molecule has 0 unspecified atom stereocenters. The van der Waals surface area contributed by atoms with Gasteiger partial charge in [0, 0.05) is 32.0 Å². The van der Waals surface area contributed by atoms with E-state index in [9.17, 15) is 13.2 Å². The standard InChI is InChI=1S/C21H27N3O3S/c1-16-7-13-19(14-8-16)28(26,27)24-15-5-4-6-20(24)21(25)22-17-9-11-18(12-10-17)23(2)3/h7-14,20H,4-6,15H2,1-3H3,(H,22,25)/t20-/m0/s1. The molecule has 1 aliphatic rings. The Hall–Kier alpha value is -2.38. The largest absolute Gasteiger partial charge is 0.378 e. The normalized spacial score (nSPS) is 17.9. The number of carbonyl (C=O) groups excluding carboxylic acids is 1. The topological polar surface area (TPSA) is 69.7 Å². The number of anilines is 2. The van der Waals surface area contributed by atoms with Gasteiger partial charge in [0.25, 0.3) is 0 Å². The summed E-state index contributed by atoms with van der Waals surface area (Å²) in [4.78, 5) is 15.1. The Labute approximate surface area is 167 Å². The molecule has 1 amide bonds. The van der Waals surface area contributed by atoms with Crippen LogP contribution in [0.2, 0.25) is 0 Å². The van der Waals surface area contributed by atoms with Gasteiger partial charge in [0.15, 0.2) is 0 Å². The minimum atomic E-state index is -3.72. The number of aryl methyl sites for hydroxylation is 1. The van der Waals surface area contributed by atoms with Crippen LogP contribution in [0.25, 0.3) is 0 Å². The molecule has 1 fully saturated rings. The summed E-state index contributed by atoms with van der Waals surface area (Å²) < 4.78 is 27.6. The zero-order chi connectivity index (χ0) is 20.3. The molecule has 2 aromatic rings. The third-order valence-corrected chi connectivity index (χ3v) is 6.96. The van der Waals surface area contributed by atoms with Crippen LogP contribution in [0.15, 0.2) is 53.4 Å². The zero-order valence-electron chi connectivity index (χ0n) is 16.6. The van der Waals surface area contributed by atoms with Gasteiger partial charge in [-0.2, -0.15) is 4.31 Å². The van der Waals surface area contributed by atoms with Gasteiger partial charge in [-0.15, -0.1) is 0 Å². The number of nitrogens with one attached hydrogen (secondary N) is 1. The van der Waals surface area contributed by atoms with E-state index in [1.807, 2.05) is 50.2 Å². The lowest BCUT2D eigenvalue weighted by atomic mass is 10.0. The first-order valence-corrected chi connectivity index (χ1v) is 10.9. The van der Waals surface area contributed by atoms with Crippen LogP contribution in [0.4, 0.5) is 11.4 Å². The van der Waals surface area contributed by atoms with Gasteiger partial charge in [-0.3, -0.25) is 4.79 Å². The van der Waals surface area contributed by atoms with Gasteiger partial charge in [-0.1, -0.05) is 24.1 Å². The Balaban J connectivity index is 1.80. The second kappa shape index (κ2) is 8.32. The smallest absolute Gasteiger partial charge is 0.243 e. The highest BCUT2D eigenvalue weighted by molar-refractivity contribution is 7.89. The first-order valence-electron chi connectivity index (χ1n) is 9.46.